The van der Waals surface area contributed by atoms with Gasteiger partial charge in [-0.3, -0.25) is 4.79 Å². The summed E-state index contributed by atoms with van der Waals surface area (Å²) in [5.41, 5.74) is 0.278. The summed E-state index contributed by atoms with van der Waals surface area (Å²) >= 11 is 0. The summed E-state index contributed by atoms with van der Waals surface area (Å²) in [6, 6.07) is 0. The van der Waals surface area contributed by atoms with E-state index in [9.17, 15) is 4.79 Å². The first kappa shape index (κ1) is 12.1. The lowest BCUT2D eigenvalue weighted by atomic mass is 9.58. The Kier molecular flexibility index (Phi) is 2.18. The molecule has 1 aliphatic heterocycles. The molecule has 1 spiro atoms. The van der Waals surface area contributed by atoms with Crippen molar-refractivity contribution >= 4 is 5.97 Å². The number of hydrogen-bond acceptors (Lipinski definition) is 2. The third-order valence-corrected chi connectivity index (χ3v) is 8.08. The Morgan fingerprint density at radius 3 is 2.70 bits per heavy atom. The smallest absolute Gasteiger partial charge is 0.306 e. The van der Waals surface area contributed by atoms with Gasteiger partial charge >= 0.3 is 5.97 Å². The highest BCUT2D eigenvalue weighted by Gasteiger charge is 2.69. The van der Waals surface area contributed by atoms with E-state index in [0.717, 1.165) is 60.4 Å². The van der Waals surface area contributed by atoms with Crippen LogP contribution in [-0.4, -0.2) is 12.6 Å². The average molecular weight is 274 g/mol. The van der Waals surface area contributed by atoms with Crippen LogP contribution in [-0.2, 0) is 9.53 Å². The van der Waals surface area contributed by atoms with Gasteiger partial charge in [-0.2, -0.15) is 0 Å². The Balaban J connectivity index is 1.46. The van der Waals surface area contributed by atoms with E-state index in [0.29, 0.717) is 0 Å². The topological polar surface area (TPSA) is 26.3 Å². The van der Waals surface area contributed by atoms with Crippen LogP contribution in [0.1, 0.15) is 46.0 Å². The maximum absolute atomic E-state index is 11.7. The van der Waals surface area contributed by atoms with E-state index in [2.05, 4.69) is 13.8 Å². The third-order valence-electron chi connectivity index (χ3n) is 8.08. The minimum Gasteiger partial charge on any atom is -0.465 e. The lowest BCUT2D eigenvalue weighted by Crippen LogP contribution is -2.42. The predicted octanol–water partition coefficient (Wildman–Crippen LogP) is 3.50. The molecule has 110 valence electrons. The number of fused-ring (bicyclic) bond motifs is 10. The molecule has 0 amide bonds. The van der Waals surface area contributed by atoms with Crippen molar-refractivity contribution in [2.24, 2.45) is 52.8 Å². The Labute approximate surface area is 121 Å². The van der Waals surface area contributed by atoms with Crippen molar-refractivity contribution in [1.82, 2.24) is 0 Å². The fraction of sp³-hybridized carbons (Fsp3) is 0.944. The molecule has 0 aromatic heterocycles. The van der Waals surface area contributed by atoms with Crippen molar-refractivity contribution in [2.75, 3.05) is 6.61 Å². The maximum atomic E-state index is 11.7. The molecule has 5 fully saturated rings. The Morgan fingerprint density at radius 1 is 1.15 bits per heavy atom. The van der Waals surface area contributed by atoms with Crippen LogP contribution in [0.25, 0.3) is 0 Å². The second kappa shape index (κ2) is 3.62. The van der Waals surface area contributed by atoms with Gasteiger partial charge in [0.2, 0.25) is 0 Å². The second-order valence-corrected chi connectivity index (χ2v) is 8.96. The first-order valence-electron chi connectivity index (χ1n) is 8.75. The SMILES string of the molecule is CC(C)C1CC2CC1C1C3CC(C21)C1(COC(=O)C1)C3. The predicted molar refractivity (Wildman–Crippen MR) is 75.7 cm³/mol. The Hall–Kier alpha value is -0.530. The van der Waals surface area contributed by atoms with Crippen molar-refractivity contribution in [3.8, 4) is 0 Å². The molecule has 5 rings (SSSR count). The summed E-state index contributed by atoms with van der Waals surface area (Å²) in [5, 5.41) is 0. The lowest BCUT2D eigenvalue weighted by Gasteiger charge is -2.46. The normalized spacial score (nSPS) is 59.0. The highest BCUT2D eigenvalue weighted by Crippen LogP contribution is 2.74. The molecule has 8 unspecified atom stereocenters. The van der Waals surface area contributed by atoms with Crippen molar-refractivity contribution in [2.45, 2.75) is 46.0 Å². The van der Waals surface area contributed by atoms with Crippen molar-refractivity contribution in [3.63, 3.8) is 0 Å². The zero-order valence-electron chi connectivity index (χ0n) is 12.7. The molecule has 4 aliphatic carbocycles. The highest BCUT2D eigenvalue weighted by atomic mass is 16.5. The van der Waals surface area contributed by atoms with Gasteiger partial charge in [0.05, 0.1) is 13.0 Å². The van der Waals surface area contributed by atoms with Gasteiger partial charge < -0.3 is 4.74 Å². The standard InChI is InChI=1S/C18H26O2/c1-9(2)12-3-10-4-13(12)16-11-5-14(17(10)16)18(6-11)7-15(19)20-8-18/h9-14,16-17H,3-8H2,1-2H3. The Bertz CT molecular complexity index is 470. The summed E-state index contributed by atoms with van der Waals surface area (Å²) in [5.74, 6) is 7.69. The zero-order valence-corrected chi connectivity index (χ0v) is 12.7. The van der Waals surface area contributed by atoms with Gasteiger partial charge in [0.15, 0.2) is 0 Å². The summed E-state index contributed by atoms with van der Waals surface area (Å²) in [6.07, 6.45) is 6.46. The number of cyclic esters (lactones) is 1. The number of rotatable bonds is 1. The summed E-state index contributed by atoms with van der Waals surface area (Å²) in [4.78, 5) is 11.7. The highest BCUT2D eigenvalue weighted by molar-refractivity contribution is 5.72. The van der Waals surface area contributed by atoms with Crippen LogP contribution in [0.3, 0.4) is 0 Å². The first-order chi connectivity index (χ1) is 9.59. The molecule has 1 heterocycles. The molecule has 20 heavy (non-hydrogen) atoms. The molecule has 0 N–H and O–H groups in total. The van der Waals surface area contributed by atoms with E-state index >= 15 is 0 Å². The van der Waals surface area contributed by atoms with Crippen LogP contribution in [0.15, 0.2) is 0 Å². The molecule has 2 heteroatoms. The molecule has 8 atom stereocenters. The van der Waals surface area contributed by atoms with E-state index < -0.39 is 0 Å². The van der Waals surface area contributed by atoms with E-state index in [1.807, 2.05) is 0 Å². The summed E-state index contributed by atoms with van der Waals surface area (Å²) < 4.78 is 5.39. The van der Waals surface area contributed by atoms with Crippen molar-refractivity contribution in [1.29, 1.82) is 0 Å². The molecule has 1 saturated heterocycles. The van der Waals surface area contributed by atoms with E-state index in [4.69, 9.17) is 4.74 Å². The first-order valence-corrected chi connectivity index (χ1v) is 8.75. The molecule has 0 aromatic rings. The number of hydrogen-bond donors (Lipinski definition) is 0. The quantitative estimate of drug-likeness (QED) is 0.540. The summed E-state index contributed by atoms with van der Waals surface area (Å²) in [6.45, 7) is 5.61. The van der Waals surface area contributed by atoms with Gasteiger partial charge in [-0.25, -0.2) is 0 Å². The van der Waals surface area contributed by atoms with Crippen LogP contribution < -0.4 is 0 Å². The summed E-state index contributed by atoms with van der Waals surface area (Å²) in [7, 11) is 0. The van der Waals surface area contributed by atoms with Gasteiger partial charge in [0.1, 0.15) is 0 Å². The second-order valence-electron chi connectivity index (χ2n) is 8.96. The Morgan fingerprint density at radius 2 is 2.00 bits per heavy atom. The minimum atomic E-state index is 0.0808. The molecule has 4 saturated carbocycles. The molecule has 4 bridgehead atoms. The lowest BCUT2D eigenvalue weighted by molar-refractivity contribution is -0.137. The molecule has 0 aromatic carbocycles. The van der Waals surface area contributed by atoms with Gasteiger partial charge in [0.25, 0.3) is 0 Å². The van der Waals surface area contributed by atoms with Gasteiger partial charge in [0, 0.05) is 5.41 Å². The number of ether oxygens (including phenoxy) is 1. The van der Waals surface area contributed by atoms with Crippen molar-refractivity contribution < 1.29 is 9.53 Å². The number of carbonyl (C=O) groups excluding carboxylic acids is 1. The van der Waals surface area contributed by atoms with Crippen LogP contribution in [0.2, 0.25) is 0 Å². The fourth-order valence-corrected chi connectivity index (χ4v) is 7.70. The molecular weight excluding hydrogens is 248 g/mol. The number of carbonyl (C=O) groups is 1. The van der Waals surface area contributed by atoms with E-state index in [-0.39, 0.29) is 11.4 Å². The number of esters is 1. The van der Waals surface area contributed by atoms with Crippen LogP contribution >= 0.6 is 0 Å². The maximum Gasteiger partial charge on any atom is 0.306 e. The zero-order chi connectivity index (χ0) is 13.6. The van der Waals surface area contributed by atoms with Crippen LogP contribution in [0, 0.1) is 52.8 Å². The van der Waals surface area contributed by atoms with Gasteiger partial charge in [-0.1, -0.05) is 13.8 Å². The molecule has 0 radical (unpaired) electrons. The van der Waals surface area contributed by atoms with E-state index in [1.54, 1.807) is 0 Å². The molecule has 2 nitrogen and oxygen atoms in total. The largest absolute Gasteiger partial charge is 0.465 e. The fourth-order valence-electron chi connectivity index (χ4n) is 7.70. The average Bonchev–Trinajstić information content (AvgIpc) is 3.14. The van der Waals surface area contributed by atoms with Gasteiger partial charge in [-0.15, -0.1) is 0 Å². The van der Waals surface area contributed by atoms with Gasteiger partial charge in [-0.05, 0) is 73.0 Å². The minimum absolute atomic E-state index is 0.0808. The monoisotopic (exact) mass is 274 g/mol. The molecular formula is C18H26O2. The van der Waals surface area contributed by atoms with E-state index in [1.165, 1.54) is 25.7 Å². The third kappa shape index (κ3) is 1.25. The van der Waals surface area contributed by atoms with Crippen molar-refractivity contribution in [3.05, 3.63) is 0 Å². The van der Waals surface area contributed by atoms with Crippen LogP contribution in [0.4, 0.5) is 0 Å². The molecule has 5 aliphatic rings. The van der Waals surface area contributed by atoms with Crippen LogP contribution in [0.5, 0.6) is 0 Å².